The Labute approximate surface area is 161 Å². The van der Waals surface area contributed by atoms with E-state index in [9.17, 15) is 14.4 Å². The number of esters is 3. The van der Waals surface area contributed by atoms with Gasteiger partial charge < -0.3 is 14.2 Å². The van der Waals surface area contributed by atoms with Crippen molar-refractivity contribution >= 4 is 29.7 Å². The summed E-state index contributed by atoms with van der Waals surface area (Å²) in [5.41, 5.74) is 0.517. The number of carbonyl (C=O) groups excluding carboxylic acids is 3. The summed E-state index contributed by atoms with van der Waals surface area (Å²) in [6.07, 6.45) is 3.64. The van der Waals surface area contributed by atoms with Crippen LogP contribution in [0.3, 0.4) is 0 Å². The maximum Gasteiger partial charge on any atom is 0.345 e. The smallest absolute Gasteiger partial charge is 0.345 e. The molecule has 1 aromatic rings. The van der Waals surface area contributed by atoms with Crippen LogP contribution in [0.2, 0.25) is 0 Å². The molecule has 7 nitrogen and oxygen atoms in total. The van der Waals surface area contributed by atoms with Crippen molar-refractivity contribution in [2.24, 2.45) is 23.7 Å². The van der Waals surface area contributed by atoms with Gasteiger partial charge in [-0.05, 0) is 36.6 Å². The second-order valence-corrected chi connectivity index (χ2v) is 8.37. The molecule has 0 N–H and O–H groups in total. The Bertz CT molecular complexity index is 811. The van der Waals surface area contributed by atoms with Crippen molar-refractivity contribution in [1.82, 2.24) is 0 Å². The molecule has 27 heavy (non-hydrogen) atoms. The quantitative estimate of drug-likeness (QED) is 0.437. The van der Waals surface area contributed by atoms with Crippen LogP contribution < -0.4 is 4.57 Å². The molecule has 0 amide bonds. The highest BCUT2D eigenvalue weighted by Crippen LogP contribution is 2.60. The van der Waals surface area contributed by atoms with E-state index in [0.717, 1.165) is 17.9 Å². The van der Waals surface area contributed by atoms with E-state index in [4.69, 9.17) is 14.2 Å². The van der Waals surface area contributed by atoms with Gasteiger partial charge in [0.2, 0.25) is 0 Å². The summed E-state index contributed by atoms with van der Waals surface area (Å²) < 4.78 is 17.1. The molecule has 0 unspecified atom stereocenters. The third kappa shape index (κ3) is 2.56. The first-order valence-electron chi connectivity index (χ1n) is 8.98. The Hall–Kier alpha value is -2.09. The lowest BCUT2D eigenvalue weighted by Gasteiger charge is -2.49. The number of rotatable bonds is 3. The molecule has 8 heteroatoms. The molecule has 2 bridgehead atoms. The average Bonchev–Trinajstić information content (AvgIpc) is 3.12. The van der Waals surface area contributed by atoms with Gasteiger partial charge in [-0.15, -0.1) is 0 Å². The van der Waals surface area contributed by atoms with Crippen molar-refractivity contribution in [3.05, 3.63) is 23.9 Å². The highest BCUT2D eigenvalue weighted by atomic mass is 32.2. The SMILES string of the molecule is COC(=O)c1ccc[n+]2c1S[C@H]1[C@@H]3CC[C@H]([C@@H](C(=O)OC)[C@H]3C(=O)OC)[C@H]12. The second-order valence-electron chi connectivity index (χ2n) is 7.20. The van der Waals surface area contributed by atoms with E-state index >= 15 is 0 Å². The molecule has 1 aromatic heterocycles. The molecule has 6 atom stereocenters. The number of aromatic nitrogens is 1. The summed E-state index contributed by atoms with van der Waals surface area (Å²) in [4.78, 5) is 37.3. The van der Waals surface area contributed by atoms with E-state index in [1.54, 1.807) is 17.8 Å². The van der Waals surface area contributed by atoms with Gasteiger partial charge in [-0.3, -0.25) is 9.59 Å². The highest BCUT2D eigenvalue weighted by Gasteiger charge is 2.66. The molecule has 3 saturated carbocycles. The fourth-order valence-electron chi connectivity index (χ4n) is 5.23. The molecule has 2 heterocycles. The molecule has 0 saturated heterocycles. The molecule has 144 valence electrons. The lowest BCUT2D eigenvalue weighted by molar-refractivity contribution is -0.762. The van der Waals surface area contributed by atoms with Crippen LogP contribution in [0.1, 0.15) is 29.2 Å². The van der Waals surface area contributed by atoms with Gasteiger partial charge in [0.25, 0.3) is 5.03 Å². The number of carbonyl (C=O) groups is 3. The van der Waals surface area contributed by atoms with Gasteiger partial charge in [0.15, 0.2) is 12.2 Å². The van der Waals surface area contributed by atoms with Crippen LogP contribution in [-0.4, -0.2) is 44.5 Å². The van der Waals surface area contributed by atoms with Crippen LogP contribution in [0.15, 0.2) is 23.4 Å². The number of hydrogen-bond donors (Lipinski definition) is 0. The lowest BCUT2D eigenvalue weighted by Crippen LogP contribution is -2.61. The molecular formula is C19H22NO6S+. The van der Waals surface area contributed by atoms with E-state index < -0.39 is 11.8 Å². The maximum absolute atomic E-state index is 12.6. The van der Waals surface area contributed by atoms with Gasteiger partial charge in [0.1, 0.15) is 5.56 Å². The van der Waals surface area contributed by atoms with Gasteiger partial charge in [-0.25, -0.2) is 4.79 Å². The summed E-state index contributed by atoms with van der Waals surface area (Å²) >= 11 is 1.61. The van der Waals surface area contributed by atoms with Crippen molar-refractivity contribution < 1.29 is 33.2 Å². The van der Waals surface area contributed by atoms with Crippen molar-refractivity contribution in [2.45, 2.75) is 29.2 Å². The van der Waals surface area contributed by atoms with Crippen LogP contribution in [0, 0.1) is 23.7 Å². The molecule has 3 aliphatic carbocycles. The Morgan fingerprint density at radius 2 is 1.63 bits per heavy atom. The molecule has 0 spiro atoms. The van der Waals surface area contributed by atoms with Gasteiger partial charge in [-0.2, -0.15) is 4.57 Å². The van der Waals surface area contributed by atoms with Crippen LogP contribution in [0.4, 0.5) is 0 Å². The minimum absolute atomic E-state index is 0.00746. The largest absolute Gasteiger partial charge is 0.469 e. The summed E-state index contributed by atoms with van der Waals surface area (Å²) in [5, 5.41) is 0.949. The predicted octanol–water partition coefficient (Wildman–Crippen LogP) is 1.39. The highest BCUT2D eigenvalue weighted by molar-refractivity contribution is 8.00. The van der Waals surface area contributed by atoms with Crippen LogP contribution in [-0.2, 0) is 23.8 Å². The third-order valence-corrected chi connectivity index (χ3v) is 7.79. The Kier molecular flexibility index (Phi) is 4.61. The van der Waals surface area contributed by atoms with Gasteiger partial charge in [-0.1, -0.05) is 0 Å². The summed E-state index contributed by atoms with van der Waals surface area (Å²) in [6, 6.07) is 3.61. The van der Waals surface area contributed by atoms with E-state index in [1.807, 2.05) is 12.3 Å². The molecule has 0 radical (unpaired) electrons. The average molecular weight is 392 g/mol. The van der Waals surface area contributed by atoms with Gasteiger partial charge in [0, 0.05) is 12.0 Å². The van der Waals surface area contributed by atoms with Crippen molar-refractivity contribution in [3.63, 3.8) is 0 Å². The van der Waals surface area contributed by atoms with E-state index in [0.29, 0.717) is 5.56 Å². The van der Waals surface area contributed by atoms with E-state index in [1.165, 1.54) is 21.3 Å². The molecule has 1 aliphatic heterocycles. The zero-order chi connectivity index (χ0) is 19.3. The lowest BCUT2D eigenvalue weighted by atomic mass is 9.56. The topological polar surface area (TPSA) is 82.8 Å². The van der Waals surface area contributed by atoms with Gasteiger partial charge in [0.05, 0.1) is 38.4 Å². The number of methoxy groups -OCH3 is 3. The summed E-state index contributed by atoms with van der Waals surface area (Å²) in [5.74, 6) is -2.17. The Morgan fingerprint density at radius 1 is 1.00 bits per heavy atom. The molecule has 3 fully saturated rings. The first-order chi connectivity index (χ1) is 13.0. The predicted molar refractivity (Wildman–Crippen MR) is 93.9 cm³/mol. The first-order valence-corrected chi connectivity index (χ1v) is 9.86. The Balaban J connectivity index is 1.80. The van der Waals surface area contributed by atoms with Crippen molar-refractivity contribution in [1.29, 1.82) is 0 Å². The first kappa shape index (κ1) is 18.3. The Morgan fingerprint density at radius 3 is 2.26 bits per heavy atom. The van der Waals surface area contributed by atoms with Crippen molar-refractivity contribution in [3.8, 4) is 0 Å². The normalized spacial score (nSPS) is 33.0. The molecule has 0 aromatic carbocycles. The number of nitrogens with zero attached hydrogens (tertiary/aromatic N) is 1. The fraction of sp³-hybridized carbons (Fsp3) is 0.579. The number of fused-ring (bicyclic) bond motifs is 3. The van der Waals surface area contributed by atoms with Crippen LogP contribution >= 0.6 is 11.8 Å². The standard InChI is InChI=1S/C19H22NO6S/c1-24-17(21)11-5-4-8-20-14-9-6-7-10(15(14)27-16(11)20)13(19(23)26-3)12(9)18(22)25-2/h4-5,8-10,12-15H,6-7H2,1-3H3/q+1/t9-,10-,12-,13+,14-,15+/m1/s1. The number of pyridine rings is 1. The zero-order valence-corrected chi connectivity index (χ0v) is 16.2. The van der Waals surface area contributed by atoms with E-state index in [2.05, 4.69) is 4.57 Å². The molecule has 4 aliphatic rings. The maximum atomic E-state index is 12.6. The minimum atomic E-state index is -0.525. The fourth-order valence-corrected chi connectivity index (χ4v) is 7.02. The second kappa shape index (κ2) is 6.82. The minimum Gasteiger partial charge on any atom is -0.469 e. The molecule has 5 rings (SSSR count). The van der Waals surface area contributed by atoms with Gasteiger partial charge >= 0.3 is 17.9 Å². The third-order valence-electron chi connectivity index (χ3n) is 6.24. The van der Waals surface area contributed by atoms with Crippen LogP contribution in [0.5, 0.6) is 0 Å². The zero-order valence-electron chi connectivity index (χ0n) is 15.4. The summed E-state index contributed by atoms with van der Waals surface area (Å²) in [7, 11) is 4.08. The van der Waals surface area contributed by atoms with Crippen LogP contribution in [0.25, 0.3) is 0 Å². The number of thioether (sulfide) groups is 1. The molecular weight excluding hydrogens is 370 g/mol. The van der Waals surface area contributed by atoms with E-state index in [-0.39, 0.29) is 41.0 Å². The van der Waals surface area contributed by atoms with Crippen molar-refractivity contribution in [2.75, 3.05) is 21.3 Å². The monoisotopic (exact) mass is 392 g/mol. The number of hydrogen-bond acceptors (Lipinski definition) is 7. The summed E-state index contributed by atoms with van der Waals surface area (Å²) in [6.45, 7) is 0. The number of ether oxygens (including phenoxy) is 3.